The van der Waals surface area contributed by atoms with E-state index in [1.54, 1.807) is 17.6 Å². The first-order chi connectivity index (χ1) is 13.2. The average Bonchev–Trinajstić information content (AvgIpc) is 3.12. The number of thiophene rings is 1. The van der Waals surface area contributed by atoms with E-state index in [0.717, 1.165) is 28.8 Å². The second-order valence-corrected chi connectivity index (χ2v) is 8.23. The summed E-state index contributed by atoms with van der Waals surface area (Å²) >= 11 is 1.61. The minimum atomic E-state index is -0.126. The number of rotatable bonds is 4. The Bertz CT molecular complexity index is 958. The molecule has 3 aromatic rings. The minimum Gasteiger partial charge on any atom is -0.266 e. The fourth-order valence-electron chi connectivity index (χ4n) is 3.43. The van der Waals surface area contributed by atoms with Crippen molar-refractivity contribution in [2.75, 3.05) is 0 Å². The Morgan fingerprint density at radius 2 is 1.85 bits per heavy atom. The standard InChI is InChI=1S/C23H22N2OS/c1-16-7-12-21-20(13-16)14-22(27-21)23(26)25-24-15-17-8-10-19(11-9-17)18-5-3-2-4-6-18/h2-6,8-11,14-16H,7,12-13H2,1H3,(H,25,26)/b24-15-/t16-/m0/s1. The van der Waals surface area contributed by atoms with E-state index in [-0.39, 0.29) is 5.91 Å². The quantitative estimate of drug-likeness (QED) is 0.488. The summed E-state index contributed by atoms with van der Waals surface area (Å²) in [6.07, 6.45) is 5.07. The van der Waals surface area contributed by atoms with Gasteiger partial charge in [-0.1, -0.05) is 61.5 Å². The van der Waals surface area contributed by atoms with Crippen molar-refractivity contribution in [2.24, 2.45) is 11.0 Å². The molecule has 1 aliphatic rings. The molecule has 0 saturated heterocycles. The second-order valence-electron chi connectivity index (χ2n) is 7.09. The van der Waals surface area contributed by atoms with E-state index in [4.69, 9.17) is 0 Å². The van der Waals surface area contributed by atoms with E-state index < -0.39 is 0 Å². The van der Waals surface area contributed by atoms with E-state index in [1.807, 2.05) is 36.4 Å². The number of aryl methyl sites for hydroxylation is 1. The zero-order chi connectivity index (χ0) is 18.6. The highest BCUT2D eigenvalue weighted by atomic mass is 32.1. The van der Waals surface area contributed by atoms with Crippen LogP contribution in [-0.2, 0) is 12.8 Å². The molecule has 0 bridgehead atoms. The lowest BCUT2D eigenvalue weighted by Crippen LogP contribution is -2.16. The van der Waals surface area contributed by atoms with Gasteiger partial charge in [-0.2, -0.15) is 5.10 Å². The summed E-state index contributed by atoms with van der Waals surface area (Å²) in [5, 5.41) is 4.12. The molecular weight excluding hydrogens is 352 g/mol. The molecule has 3 nitrogen and oxygen atoms in total. The van der Waals surface area contributed by atoms with Gasteiger partial charge < -0.3 is 0 Å². The molecule has 27 heavy (non-hydrogen) atoms. The number of amides is 1. The van der Waals surface area contributed by atoms with Crippen LogP contribution in [0, 0.1) is 5.92 Å². The third kappa shape index (κ3) is 4.17. The lowest BCUT2D eigenvalue weighted by molar-refractivity contribution is 0.0959. The highest BCUT2D eigenvalue weighted by Crippen LogP contribution is 2.32. The van der Waals surface area contributed by atoms with Crippen LogP contribution in [0.15, 0.2) is 65.8 Å². The molecule has 1 aromatic heterocycles. The van der Waals surface area contributed by atoms with E-state index in [0.29, 0.717) is 5.92 Å². The normalized spacial score (nSPS) is 16.3. The van der Waals surface area contributed by atoms with Crippen LogP contribution in [0.2, 0.25) is 0 Å². The van der Waals surface area contributed by atoms with Crippen molar-refractivity contribution in [1.82, 2.24) is 5.43 Å². The van der Waals surface area contributed by atoms with Crippen LogP contribution in [-0.4, -0.2) is 12.1 Å². The molecule has 0 unspecified atom stereocenters. The summed E-state index contributed by atoms with van der Waals surface area (Å²) < 4.78 is 0. The molecule has 1 atom stereocenters. The number of fused-ring (bicyclic) bond motifs is 1. The van der Waals surface area contributed by atoms with Crippen LogP contribution in [0.3, 0.4) is 0 Å². The van der Waals surface area contributed by atoms with Crippen LogP contribution in [0.4, 0.5) is 0 Å². The van der Waals surface area contributed by atoms with Gasteiger partial charge in [-0.05, 0) is 53.5 Å². The van der Waals surface area contributed by atoms with Gasteiger partial charge in [-0.25, -0.2) is 5.43 Å². The van der Waals surface area contributed by atoms with Crippen LogP contribution in [0.25, 0.3) is 11.1 Å². The third-order valence-electron chi connectivity index (χ3n) is 4.95. The molecule has 4 rings (SSSR count). The molecule has 0 spiro atoms. The molecule has 0 saturated carbocycles. The van der Waals surface area contributed by atoms with Crippen LogP contribution in [0.5, 0.6) is 0 Å². The van der Waals surface area contributed by atoms with Gasteiger partial charge in [0.1, 0.15) is 0 Å². The fourth-order valence-corrected chi connectivity index (χ4v) is 4.53. The van der Waals surface area contributed by atoms with Gasteiger partial charge in [0.25, 0.3) is 5.91 Å². The summed E-state index contributed by atoms with van der Waals surface area (Å²) in [4.78, 5) is 14.5. The SMILES string of the molecule is C[C@H]1CCc2sc(C(=O)N/N=C\c3ccc(-c4ccccc4)cc3)cc2C1. The van der Waals surface area contributed by atoms with Crippen molar-refractivity contribution in [3.8, 4) is 11.1 Å². The zero-order valence-electron chi connectivity index (χ0n) is 15.3. The maximum atomic E-state index is 12.4. The van der Waals surface area contributed by atoms with Crippen molar-refractivity contribution in [3.63, 3.8) is 0 Å². The van der Waals surface area contributed by atoms with Crippen molar-refractivity contribution >= 4 is 23.5 Å². The summed E-state index contributed by atoms with van der Waals surface area (Å²) in [5.74, 6) is 0.582. The number of carbonyl (C=O) groups excluding carboxylic acids is 1. The predicted molar refractivity (Wildman–Crippen MR) is 112 cm³/mol. The van der Waals surface area contributed by atoms with Gasteiger partial charge in [0, 0.05) is 4.88 Å². The maximum Gasteiger partial charge on any atom is 0.281 e. The van der Waals surface area contributed by atoms with Gasteiger partial charge >= 0.3 is 0 Å². The Kier molecular flexibility index (Phi) is 5.16. The number of nitrogens with one attached hydrogen (secondary N) is 1. The van der Waals surface area contributed by atoms with Crippen LogP contribution < -0.4 is 5.43 Å². The minimum absolute atomic E-state index is 0.126. The van der Waals surface area contributed by atoms with E-state index >= 15 is 0 Å². The molecule has 4 heteroatoms. The van der Waals surface area contributed by atoms with Gasteiger partial charge in [-0.3, -0.25) is 4.79 Å². The Labute approximate surface area is 163 Å². The molecule has 0 aliphatic heterocycles. The fraction of sp³-hybridized carbons (Fsp3) is 0.217. The summed E-state index contributed by atoms with van der Waals surface area (Å²) in [5.41, 5.74) is 7.29. The molecular formula is C23H22N2OS. The monoisotopic (exact) mass is 374 g/mol. The number of nitrogens with zero attached hydrogens (tertiary/aromatic N) is 1. The van der Waals surface area contributed by atoms with E-state index in [1.165, 1.54) is 22.4 Å². The molecule has 0 fully saturated rings. The van der Waals surface area contributed by atoms with Crippen LogP contribution in [0.1, 0.15) is 39.0 Å². The highest BCUT2D eigenvalue weighted by molar-refractivity contribution is 7.14. The smallest absolute Gasteiger partial charge is 0.266 e. The van der Waals surface area contributed by atoms with E-state index in [2.05, 4.69) is 41.7 Å². The Hall–Kier alpha value is -2.72. The Balaban J connectivity index is 1.38. The first-order valence-electron chi connectivity index (χ1n) is 9.29. The number of hydrazone groups is 1. The number of hydrogen-bond acceptors (Lipinski definition) is 3. The molecule has 0 radical (unpaired) electrons. The molecule has 2 aromatic carbocycles. The topological polar surface area (TPSA) is 41.5 Å². The Morgan fingerprint density at radius 3 is 2.63 bits per heavy atom. The van der Waals surface area contributed by atoms with Crippen molar-refractivity contribution in [2.45, 2.75) is 26.2 Å². The first-order valence-corrected chi connectivity index (χ1v) is 10.1. The van der Waals surface area contributed by atoms with Gasteiger partial charge in [0.05, 0.1) is 11.1 Å². The van der Waals surface area contributed by atoms with Gasteiger partial charge in [0.2, 0.25) is 0 Å². The third-order valence-corrected chi connectivity index (χ3v) is 6.19. The number of hydrogen-bond donors (Lipinski definition) is 1. The highest BCUT2D eigenvalue weighted by Gasteiger charge is 2.20. The summed E-state index contributed by atoms with van der Waals surface area (Å²) in [6.45, 7) is 2.27. The lowest BCUT2D eigenvalue weighted by atomic mass is 9.90. The summed E-state index contributed by atoms with van der Waals surface area (Å²) in [6, 6.07) is 20.4. The average molecular weight is 375 g/mol. The number of carbonyl (C=O) groups is 1. The van der Waals surface area contributed by atoms with Gasteiger partial charge in [0.15, 0.2) is 0 Å². The van der Waals surface area contributed by atoms with E-state index in [9.17, 15) is 4.79 Å². The van der Waals surface area contributed by atoms with Gasteiger partial charge in [-0.15, -0.1) is 11.3 Å². The molecule has 136 valence electrons. The molecule has 1 aliphatic carbocycles. The summed E-state index contributed by atoms with van der Waals surface area (Å²) in [7, 11) is 0. The largest absolute Gasteiger partial charge is 0.281 e. The lowest BCUT2D eigenvalue weighted by Gasteiger charge is -2.16. The van der Waals surface area contributed by atoms with Crippen molar-refractivity contribution in [1.29, 1.82) is 0 Å². The maximum absolute atomic E-state index is 12.4. The first kappa shape index (κ1) is 17.7. The van der Waals surface area contributed by atoms with Crippen molar-refractivity contribution in [3.05, 3.63) is 81.5 Å². The molecule has 1 heterocycles. The predicted octanol–water partition coefficient (Wildman–Crippen LogP) is 5.30. The van der Waals surface area contributed by atoms with Crippen molar-refractivity contribution < 1.29 is 4.79 Å². The van der Waals surface area contributed by atoms with Crippen LogP contribution >= 0.6 is 11.3 Å². The second kappa shape index (κ2) is 7.89. The Morgan fingerprint density at radius 1 is 1.11 bits per heavy atom. The molecule has 1 amide bonds. The zero-order valence-corrected chi connectivity index (χ0v) is 16.1. The molecule has 1 N–H and O–H groups in total. The number of benzene rings is 2.